The molecule has 0 bridgehead atoms. The first-order valence-corrected chi connectivity index (χ1v) is 9.79. The van der Waals surface area contributed by atoms with Gasteiger partial charge in [-0.05, 0) is 57.2 Å². The fourth-order valence-corrected chi connectivity index (χ4v) is 4.68. The molecule has 1 aliphatic heterocycles. The Balaban J connectivity index is 0.00000261. The van der Waals surface area contributed by atoms with Crippen LogP contribution in [0, 0.1) is 32.6 Å². The van der Waals surface area contributed by atoms with Crippen LogP contribution in [0.2, 0.25) is 0 Å². The maximum Gasteiger partial charge on any atom is 0.227 e. The van der Waals surface area contributed by atoms with Crippen LogP contribution in [0.3, 0.4) is 0 Å². The van der Waals surface area contributed by atoms with Crippen molar-refractivity contribution in [1.82, 2.24) is 5.32 Å². The summed E-state index contributed by atoms with van der Waals surface area (Å²) in [5.74, 6) is 0.137. The molecule has 0 spiro atoms. The van der Waals surface area contributed by atoms with Gasteiger partial charge in [0, 0.05) is 24.7 Å². The Morgan fingerprint density at radius 1 is 1.19 bits per heavy atom. The molecule has 3 N–H and O–H groups in total. The molecule has 3 unspecified atom stereocenters. The van der Waals surface area contributed by atoms with Gasteiger partial charge in [0.05, 0.1) is 5.92 Å². The van der Waals surface area contributed by atoms with Crippen molar-refractivity contribution in [1.29, 1.82) is 0 Å². The van der Waals surface area contributed by atoms with E-state index in [0.29, 0.717) is 25.4 Å². The average Bonchev–Trinajstić information content (AvgIpc) is 2.96. The second-order valence-corrected chi connectivity index (χ2v) is 8.05. The van der Waals surface area contributed by atoms with Crippen LogP contribution in [0.15, 0.2) is 12.1 Å². The Hall–Kier alpha value is -1.59. The highest BCUT2D eigenvalue weighted by Gasteiger charge is 2.37. The van der Waals surface area contributed by atoms with Gasteiger partial charge in [-0.15, -0.1) is 12.4 Å². The zero-order chi connectivity index (χ0) is 18.8. The summed E-state index contributed by atoms with van der Waals surface area (Å²) in [6.07, 6.45) is 4.69. The van der Waals surface area contributed by atoms with Gasteiger partial charge in [0.25, 0.3) is 0 Å². The molecule has 1 saturated heterocycles. The van der Waals surface area contributed by atoms with E-state index in [4.69, 9.17) is 5.73 Å². The second kappa shape index (κ2) is 9.07. The molecular formula is C21H32ClN3O2. The third-order valence-electron chi connectivity index (χ3n) is 5.94. The summed E-state index contributed by atoms with van der Waals surface area (Å²) in [6, 6.07) is 4.35. The number of anilines is 1. The minimum Gasteiger partial charge on any atom is -0.353 e. The number of nitrogens with zero attached hydrogens (tertiary/aromatic N) is 1. The van der Waals surface area contributed by atoms with Crippen LogP contribution >= 0.6 is 12.4 Å². The molecule has 1 saturated carbocycles. The van der Waals surface area contributed by atoms with Crippen LogP contribution in [0.25, 0.3) is 0 Å². The summed E-state index contributed by atoms with van der Waals surface area (Å²) in [6.45, 7) is 7.20. The van der Waals surface area contributed by atoms with Gasteiger partial charge in [-0.2, -0.15) is 0 Å². The van der Waals surface area contributed by atoms with Crippen molar-refractivity contribution in [3.05, 3.63) is 28.8 Å². The van der Waals surface area contributed by atoms with E-state index in [2.05, 4.69) is 24.4 Å². The molecule has 27 heavy (non-hydrogen) atoms. The lowest BCUT2D eigenvalue weighted by Crippen LogP contribution is -2.47. The van der Waals surface area contributed by atoms with Crippen molar-refractivity contribution in [2.75, 3.05) is 18.0 Å². The number of amides is 2. The van der Waals surface area contributed by atoms with E-state index >= 15 is 0 Å². The molecule has 1 aliphatic carbocycles. The molecule has 1 heterocycles. The number of nitrogens with one attached hydrogen (secondary N) is 1. The molecule has 0 aromatic heterocycles. The highest BCUT2D eigenvalue weighted by Crippen LogP contribution is 2.32. The third kappa shape index (κ3) is 4.64. The van der Waals surface area contributed by atoms with Crippen LogP contribution in [-0.4, -0.2) is 30.9 Å². The Labute approximate surface area is 168 Å². The topological polar surface area (TPSA) is 75.4 Å². The SMILES string of the molecule is Cc1cc(C)c(N2CC(C(=O)NC3CCCCC3CN)CC2=O)c(C)c1.Cl. The lowest BCUT2D eigenvalue weighted by molar-refractivity contribution is -0.127. The first-order valence-electron chi connectivity index (χ1n) is 9.79. The molecular weight excluding hydrogens is 362 g/mol. The second-order valence-electron chi connectivity index (χ2n) is 8.05. The van der Waals surface area contributed by atoms with Crippen molar-refractivity contribution in [3.63, 3.8) is 0 Å². The first kappa shape index (κ1) is 21.7. The van der Waals surface area contributed by atoms with E-state index in [-0.39, 0.29) is 36.2 Å². The van der Waals surface area contributed by atoms with Crippen molar-refractivity contribution in [2.24, 2.45) is 17.6 Å². The van der Waals surface area contributed by atoms with Gasteiger partial charge in [-0.1, -0.05) is 30.5 Å². The Kier molecular flexibility index (Phi) is 7.29. The number of nitrogens with two attached hydrogens (primary N) is 1. The van der Waals surface area contributed by atoms with Crippen molar-refractivity contribution >= 4 is 29.9 Å². The van der Waals surface area contributed by atoms with Gasteiger partial charge < -0.3 is 16.0 Å². The number of carbonyl (C=O) groups excluding carboxylic acids is 2. The minimum absolute atomic E-state index is 0. The van der Waals surface area contributed by atoms with Gasteiger partial charge >= 0.3 is 0 Å². The van der Waals surface area contributed by atoms with E-state index in [1.807, 2.05) is 13.8 Å². The molecule has 3 rings (SSSR count). The largest absolute Gasteiger partial charge is 0.353 e. The van der Waals surface area contributed by atoms with Crippen molar-refractivity contribution < 1.29 is 9.59 Å². The summed E-state index contributed by atoms with van der Waals surface area (Å²) in [7, 11) is 0. The minimum atomic E-state index is -0.275. The van der Waals surface area contributed by atoms with Crippen LogP contribution < -0.4 is 16.0 Å². The zero-order valence-electron chi connectivity index (χ0n) is 16.6. The molecule has 2 amide bonds. The smallest absolute Gasteiger partial charge is 0.227 e. The predicted molar refractivity (Wildman–Crippen MR) is 111 cm³/mol. The van der Waals surface area contributed by atoms with E-state index in [0.717, 1.165) is 36.1 Å². The van der Waals surface area contributed by atoms with Gasteiger partial charge in [-0.3, -0.25) is 9.59 Å². The Morgan fingerprint density at radius 2 is 1.81 bits per heavy atom. The number of halogens is 1. The van der Waals surface area contributed by atoms with E-state index in [1.54, 1.807) is 4.90 Å². The number of rotatable bonds is 4. The maximum atomic E-state index is 12.8. The summed E-state index contributed by atoms with van der Waals surface area (Å²) in [4.78, 5) is 27.2. The van der Waals surface area contributed by atoms with Crippen molar-refractivity contribution in [2.45, 2.75) is 58.9 Å². The Bertz CT molecular complexity index is 684. The molecule has 5 nitrogen and oxygen atoms in total. The number of aryl methyl sites for hydroxylation is 3. The first-order chi connectivity index (χ1) is 12.4. The molecule has 2 fully saturated rings. The average molecular weight is 394 g/mol. The summed E-state index contributed by atoms with van der Waals surface area (Å²) >= 11 is 0. The van der Waals surface area contributed by atoms with E-state index in [1.165, 1.54) is 12.0 Å². The third-order valence-corrected chi connectivity index (χ3v) is 5.94. The number of hydrogen-bond donors (Lipinski definition) is 2. The van der Waals surface area contributed by atoms with Gasteiger partial charge in [0.1, 0.15) is 0 Å². The fraction of sp³-hybridized carbons (Fsp3) is 0.619. The molecule has 2 aliphatic rings. The Morgan fingerprint density at radius 3 is 2.44 bits per heavy atom. The van der Waals surface area contributed by atoms with Gasteiger partial charge in [-0.25, -0.2) is 0 Å². The summed E-state index contributed by atoms with van der Waals surface area (Å²) < 4.78 is 0. The molecule has 6 heteroatoms. The number of benzene rings is 1. The predicted octanol–water partition coefficient (Wildman–Crippen LogP) is 3.02. The van der Waals surface area contributed by atoms with Crippen LogP contribution in [-0.2, 0) is 9.59 Å². The highest BCUT2D eigenvalue weighted by molar-refractivity contribution is 6.01. The van der Waals surface area contributed by atoms with Crippen molar-refractivity contribution in [3.8, 4) is 0 Å². The zero-order valence-corrected chi connectivity index (χ0v) is 17.4. The highest BCUT2D eigenvalue weighted by atomic mass is 35.5. The number of hydrogen-bond acceptors (Lipinski definition) is 3. The van der Waals surface area contributed by atoms with Gasteiger partial charge in [0.15, 0.2) is 0 Å². The number of carbonyl (C=O) groups is 2. The lowest BCUT2D eigenvalue weighted by atomic mass is 9.84. The normalized spacial score (nSPS) is 25.3. The summed E-state index contributed by atoms with van der Waals surface area (Å²) in [5.41, 5.74) is 10.2. The lowest BCUT2D eigenvalue weighted by Gasteiger charge is -2.32. The fourth-order valence-electron chi connectivity index (χ4n) is 4.68. The van der Waals surface area contributed by atoms with Crippen LogP contribution in [0.4, 0.5) is 5.69 Å². The van der Waals surface area contributed by atoms with Crippen LogP contribution in [0.1, 0.15) is 48.8 Å². The molecule has 3 atom stereocenters. The van der Waals surface area contributed by atoms with Crippen LogP contribution in [0.5, 0.6) is 0 Å². The molecule has 0 radical (unpaired) electrons. The monoisotopic (exact) mass is 393 g/mol. The summed E-state index contributed by atoms with van der Waals surface area (Å²) in [5, 5.41) is 3.19. The molecule has 1 aromatic rings. The molecule has 1 aromatic carbocycles. The maximum absolute atomic E-state index is 12.8. The van der Waals surface area contributed by atoms with Gasteiger partial charge in [0.2, 0.25) is 11.8 Å². The van der Waals surface area contributed by atoms with E-state index in [9.17, 15) is 9.59 Å². The molecule has 150 valence electrons. The standard InChI is InChI=1S/C21H31N3O2.ClH/c1-13-8-14(2)20(15(3)9-13)24-12-17(10-19(24)25)21(26)23-18-7-5-4-6-16(18)11-22;/h8-9,16-18H,4-7,10-12,22H2,1-3H3,(H,23,26);1H. The van der Waals surface area contributed by atoms with E-state index < -0.39 is 0 Å². The quantitative estimate of drug-likeness (QED) is 0.825.